The molecule has 10 nitrogen and oxygen atoms in total. The quantitative estimate of drug-likeness (QED) is 0.515. The molecule has 0 aliphatic carbocycles. The molecular weight excluding hydrogens is 294 g/mol. The maximum absolute atomic E-state index is 9.94. The smallest absolute Gasteiger partial charge is 0.243 e. The van der Waals surface area contributed by atoms with E-state index in [4.69, 9.17) is 14.6 Å². The molecule has 1 unspecified atom stereocenters. The van der Waals surface area contributed by atoms with Crippen molar-refractivity contribution in [3.63, 3.8) is 0 Å². The fourth-order valence-corrected chi connectivity index (χ4v) is 2.27. The van der Waals surface area contributed by atoms with Crippen LogP contribution in [0.15, 0.2) is 12.7 Å². The summed E-state index contributed by atoms with van der Waals surface area (Å²) in [6.07, 6.45) is -1.63. The number of ether oxygens (including phenoxy) is 2. The Bertz CT molecular complexity index is 671. The third-order valence-electron chi connectivity index (χ3n) is 3.40. The Labute approximate surface area is 124 Å². The Kier molecular flexibility index (Phi) is 3.98. The van der Waals surface area contributed by atoms with Crippen LogP contribution in [-0.2, 0) is 4.74 Å². The standard InChI is InChI=1S/C12H15N5O5/c1-21-11-7-6(13-4-16-11)10(15-3-14-7)17-12-9(20)8(19)5(2-18)22-12/h3-5,8-9,12,18-20H,2H2,1H3,(H,14,15,17)/t5-,8-,9-,12?/m1/s1. The molecule has 1 fully saturated rings. The van der Waals surface area contributed by atoms with Crippen LogP contribution in [0, 0.1) is 0 Å². The van der Waals surface area contributed by atoms with Crippen LogP contribution in [0.2, 0.25) is 0 Å². The molecule has 3 rings (SSSR count). The first-order valence-corrected chi connectivity index (χ1v) is 6.54. The van der Waals surface area contributed by atoms with E-state index in [0.29, 0.717) is 16.9 Å². The molecule has 2 aromatic heterocycles. The lowest BCUT2D eigenvalue weighted by Crippen LogP contribution is -2.36. The molecule has 0 saturated carbocycles. The first-order chi connectivity index (χ1) is 10.7. The van der Waals surface area contributed by atoms with Crippen LogP contribution in [0.5, 0.6) is 5.88 Å². The number of aliphatic hydroxyl groups excluding tert-OH is 3. The molecule has 3 heterocycles. The van der Waals surface area contributed by atoms with Gasteiger partial charge in [0.2, 0.25) is 5.88 Å². The summed E-state index contributed by atoms with van der Waals surface area (Å²) in [5, 5.41) is 31.6. The zero-order valence-corrected chi connectivity index (χ0v) is 11.6. The van der Waals surface area contributed by atoms with Gasteiger partial charge in [-0.2, -0.15) is 4.98 Å². The highest BCUT2D eigenvalue weighted by molar-refractivity contribution is 5.87. The Balaban J connectivity index is 1.92. The van der Waals surface area contributed by atoms with E-state index in [9.17, 15) is 10.2 Å². The molecule has 10 heteroatoms. The number of anilines is 1. The van der Waals surface area contributed by atoms with E-state index < -0.39 is 31.1 Å². The summed E-state index contributed by atoms with van der Waals surface area (Å²) < 4.78 is 10.5. The second kappa shape index (κ2) is 5.93. The van der Waals surface area contributed by atoms with Gasteiger partial charge >= 0.3 is 0 Å². The zero-order valence-electron chi connectivity index (χ0n) is 11.6. The molecule has 2 aromatic rings. The maximum atomic E-state index is 9.94. The van der Waals surface area contributed by atoms with Gasteiger partial charge < -0.3 is 30.1 Å². The number of methoxy groups -OCH3 is 1. The molecule has 118 valence electrons. The minimum atomic E-state index is -1.22. The molecule has 0 spiro atoms. The SMILES string of the molecule is COc1ncnc2c(NC3O[C@H](CO)[C@@H](O)[C@H]3O)ncnc12. The van der Waals surface area contributed by atoms with Gasteiger partial charge in [0.1, 0.15) is 36.5 Å². The molecule has 0 aromatic carbocycles. The number of aliphatic hydroxyl groups is 3. The predicted molar refractivity (Wildman–Crippen MR) is 73.1 cm³/mol. The van der Waals surface area contributed by atoms with Gasteiger partial charge in [-0.15, -0.1) is 0 Å². The highest BCUT2D eigenvalue weighted by Gasteiger charge is 2.42. The van der Waals surface area contributed by atoms with Crippen LogP contribution in [-0.4, -0.2) is 73.5 Å². The van der Waals surface area contributed by atoms with Gasteiger partial charge in [0.05, 0.1) is 13.7 Å². The average Bonchev–Trinajstić information content (AvgIpc) is 2.82. The van der Waals surface area contributed by atoms with Crippen molar-refractivity contribution in [3.8, 4) is 5.88 Å². The Morgan fingerprint density at radius 3 is 2.55 bits per heavy atom. The number of fused-ring (bicyclic) bond motifs is 1. The zero-order chi connectivity index (χ0) is 15.7. The fraction of sp³-hybridized carbons (Fsp3) is 0.500. The van der Waals surface area contributed by atoms with E-state index in [1.165, 1.54) is 19.8 Å². The van der Waals surface area contributed by atoms with Crippen LogP contribution >= 0.6 is 0 Å². The third kappa shape index (κ3) is 2.41. The molecule has 1 aliphatic heterocycles. The molecule has 22 heavy (non-hydrogen) atoms. The summed E-state index contributed by atoms with van der Waals surface area (Å²) in [6.45, 7) is -0.406. The lowest BCUT2D eigenvalue weighted by molar-refractivity contribution is -0.0153. The van der Waals surface area contributed by atoms with Gasteiger partial charge in [0.15, 0.2) is 17.6 Å². The summed E-state index contributed by atoms with van der Waals surface area (Å²) in [4.78, 5) is 16.1. The van der Waals surface area contributed by atoms with E-state index in [1.807, 2.05) is 0 Å². The molecule has 0 bridgehead atoms. The Morgan fingerprint density at radius 2 is 1.86 bits per heavy atom. The summed E-state index contributed by atoms with van der Waals surface area (Å²) in [6, 6.07) is 0. The van der Waals surface area contributed by atoms with Crippen LogP contribution in [0.3, 0.4) is 0 Å². The molecule has 4 atom stereocenters. The van der Waals surface area contributed by atoms with Gasteiger partial charge in [-0.05, 0) is 0 Å². The van der Waals surface area contributed by atoms with Crippen LogP contribution in [0.4, 0.5) is 5.82 Å². The number of rotatable bonds is 4. The Morgan fingerprint density at radius 1 is 1.14 bits per heavy atom. The van der Waals surface area contributed by atoms with Gasteiger partial charge in [-0.25, -0.2) is 15.0 Å². The minimum Gasteiger partial charge on any atom is -0.479 e. The van der Waals surface area contributed by atoms with E-state index in [0.717, 1.165) is 0 Å². The van der Waals surface area contributed by atoms with Gasteiger partial charge in [-0.3, -0.25) is 0 Å². The largest absolute Gasteiger partial charge is 0.479 e. The number of aromatic nitrogens is 4. The van der Waals surface area contributed by atoms with Crippen molar-refractivity contribution in [2.75, 3.05) is 19.0 Å². The van der Waals surface area contributed by atoms with Crippen molar-refractivity contribution in [2.24, 2.45) is 0 Å². The minimum absolute atomic E-state index is 0.289. The summed E-state index contributed by atoms with van der Waals surface area (Å²) in [7, 11) is 1.46. The van der Waals surface area contributed by atoms with Gasteiger partial charge in [-0.1, -0.05) is 0 Å². The molecular formula is C12H15N5O5. The van der Waals surface area contributed by atoms with Crippen molar-refractivity contribution in [2.45, 2.75) is 24.5 Å². The molecule has 1 saturated heterocycles. The summed E-state index contributed by atoms with van der Waals surface area (Å²) >= 11 is 0. The first-order valence-electron chi connectivity index (χ1n) is 6.54. The maximum Gasteiger partial charge on any atom is 0.243 e. The molecule has 4 N–H and O–H groups in total. The summed E-state index contributed by atoms with van der Waals surface area (Å²) in [5.41, 5.74) is 0.779. The van der Waals surface area contributed by atoms with Gasteiger partial charge in [0.25, 0.3) is 0 Å². The molecule has 0 amide bonds. The van der Waals surface area contributed by atoms with Crippen molar-refractivity contribution < 1.29 is 24.8 Å². The number of hydrogen-bond acceptors (Lipinski definition) is 10. The normalized spacial score (nSPS) is 28.0. The van der Waals surface area contributed by atoms with E-state index in [2.05, 4.69) is 25.3 Å². The third-order valence-corrected chi connectivity index (χ3v) is 3.40. The monoisotopic (exact) mass is 309 g/mol. The lowest BCUT2D eigenvalue weighted by atomic mass is 10.1. The van der Waals surface area contributed by atoms with E-state index in [-0.39, 0.29) is 5.88 Å². The van der Waals surface area contributed by atoms with Crippen molar-refractivity contribution in [1.29, 1.82) is 0 Å². The number of hydrogen-bond donors (Lipinski definition) is 4. The van der Waals surface area contributed by atoms with E-state index >= 15 is 0 Å². The molecule has 1 aliphatic rings. The molecule has 0 radical (unpaired) electrons. The van der Waals surface area contributed by atoms with E-state index in [1.54, 1.807) is 0 Å². The number of nitrogens with zero attached hydrogens (tertiary/aromatic N) is 4. The van der Waals surface area contributed by atoms with Gasteiger partial charge in [0, 0.05) is 0 Å². The Hall–Kier alpha value is -2.14. The number of nitrogens with one attached hydrogen (secondary N) is 1. The summed E-state index contributed by atoms with van der Waals surface area (Å²) in [5.74, 6) is 0.581. The first kappa shape index (κ1) is 14.8. The average molecular weight is 309 g/mol. The predicted octanol–water partition coefficient (Wildman–Crippen LogP) is -1.72. The van der Waals surface area contributed by atoms with Crippen molar-refractivity contribution in [1.82, 2.24) is 19.9 Å². The highest BCUT2D eigenvalue weighted by atomic mass is 16.6. The highest BCUT2D eigenvalue weighted by Crippen LogP contribution is 2.26. The van der Waals surface area contributed by atoms with Crippen molar-refractivity contribution >= 4 is 16.9 Å². The van der Waals surface area contributed by atoms with Crippen molar-refractivity contribution in [3.05, 3.63) is 12.7 Å². The second-order valence-electron chi connectivity index (χ2n) is 4.71. The fourth-order valence-electron chi connectivity index (χ4n) is 2.27. The van der Waals surface area contributed by atoms with Crippen LogP contribution in [0.1, 0.15) is 0 Å². The topological polar surface area (TPSA) is 143 Å². The second-order valence-corrected chi connectivity index (χ2v) is 4.71. The van der Waals surface area contributed by atoms with Crippen LogP contribution in [0.25, 0.3) is 11.0 Å². The van der Waals surface area contributed by atoms with Crippen LogP contribution < -0.4 is 10.1 Å². The lowest BCUT2D eigenvalue weighted by Gasteiger charge is -2.17.